The van der Waals surface area contributed by atoms with Crippen molar-refractivity contribution in [1.29, 1.82) is 0 Å². The van der Waals surface area contributed by atoms with Gasteiger partial charge in [0.1, 0.15) is 5.69 Å². The van der Waals surface area contributed by atoms with Gasteiger partial charge in [0.15, 0.2) is 0 Å². The van der Waals surface area contributed by atoms with Gasteiger partial charge in [-0.15, -0.1) is 0 Å². The van der Waals surface area contributed by atoms with Crippen molar-refractivity contribution in [2.24, 2.45) is 0 Å². The number of carboxylic acids is 1. The number of pyridine rings is 1. The molecule has 1 aromatic rings. The Bertz CT molecular complexity index is 373. The van der Waals surface area contributed by atoms with Crippen LogP contribution in [0.5, 0.6) is 0 Å². The van der Waals surface area contributed by atoms with Gasteiger partial charge in [-0.1, -0.05) is 0 Å². The van der Waals surface area contributed by atoms with E-state index in [0.29, 0.717) is 12.6 Å². The highest BCUT2D eigenvalue weighted by Gasteiger charge is 2.29. The number of carbonyl (C=O) groups is 1. The predicted molar refractivity (Wildman–Crippen MR) is 58.7 cm³/mol. The van der Waals surface area contributed by atoms with E-state index in [9.17, 15) is 4.79 Å². The summed E-state index contributed by atoms with van der Waals surface area (Å²) in [6.07, 6.45) is 3.80. The van der Waals surface area contributed by atoms with Crippen LogP contribution in [0.1, 0.15) is 23.3 Å². The zero-order chi connectivity index (χ0) is 11.5. The third-order valence-corrected chi connectivity index (χ3v) is 2.63. The van der Waals surface area contributed by atoms with Crippen LogP contribution in [0.25, 0.3) is 0 Å². The minimum Gasteiger partial charge on any atom is -0.477 e. The van der Waals surface area contributed by atoms with Crippen molar-refractivity contribution in [2.75, 3.05) is 18.1 Å². The minimum atomic E-state index is -1.02. The van der Waals surface area contributed by atoms with Crippen molar-refractivity contribution in [3.05, 3.63) is 24.0 Å². The number of hydrogen-bond donors (Lipinski definition) is 2. The summed E-state index contributed by atoms with van der Waals surface area (Å²) in [5.41, 5.74) is 0.921. The Morgan fingerprint density at radius 2 is 2.25 bits per heavy atom. The van der Waals surface area contributed by atoms with Crippen LogP contribution < -0.4 is 4.90 Å². The summed E-state index contributed by atoms with van der Waals surface area (Å²) in [5.74, 6) is -1.02. The first-order valence-electron chi connectivity index (χ1n) is 5.29. The molecule has 0 aliphatic heterocycles. The lowest BCUT2D eigenvalue weighted by molar-refractivity contribution is 0.0690. The number of anilines is 1. The average molecular weight is 222 g/mol. The van der Waals surface area contributed by atoms with Gasteiger partial charge in [-0.3, -0.25) is 0 Å². The summed E-state index contributed by atoms with van der Waals surface area (Å²) >= 11 is 0. The number of aliphatic hydroxyl groups excluding tert-OH is 1. The topological polar surface area (TPSA) is 73.7 Å². The second kappa shape index (κ2) is 4.49. The van der Waals surface area contributed by atoms with Gasteiger partial charge in [-0.2, -0.15) is 0 Å². The molecule has 2 N–H and O–H groups in total. The second-order valence-electron chi connectivity index (χ2n) is 3.85. The minimum absolute atomic E-state index is 0.0449. The standard InChI is InChI=1S/C11H14N2O3/c14-6-5-13(8-1-2-8)9-3-4-10(11(15)16)12-7-9/h3-4,7-8,14H,1-2,5-6H2,(H,15,16). The SMILES string of the molecule is O=C(O)c1ccc(N(CCO)C2CC2)cn1. The van der Waals surface area contributed by atoms with E-state index in [2.05, 4.69) is 9.88 Å². The Balaban J connectivity index is 2.14. The van der Waals surface area contributed by atoms with Crippen LogP contribution in [0.2, 0.25) is 0 Å². The molecule has 1 aliphatic carbocycles. The molecule has 0 saturated heterocycles. The third kappa shape index (κ3) is 2.30. The lowest BCUT2D eigenvalue weighted by Crippen LogP contribution is -2.29. The Morgan fingerprint density at radius 3 is 2.69 bits per heavy atom. The molecule has 1 aliphatic rings. The van der Waals surface area contributed by atoms with Crippen molar-refractivity contribution in [3.63, 3.8) is 0 Å². The lowest BCUT2D eigenvalue weighted by atomic mass is 10.3. The first kappa shape index (κ1) is 10.9. The van der Waals surface area contributed by atoms with E-state index in [1.54, 1.807) is 12.3 Å². The van der Waals surface area contributed by atoms with Crippen molar-refractivity contribution in [1.82, 2.24) is 4.98 Å². The molecule has 5 heteroatoms. The maximum absolute atomic E-state index is 10.6. The highest BCUT2D eigenvalue weighted by molar-refractivity contribution is 5.85. The van der Waals surface area contributed by atoms with Gasteiger partial charge in [0, 0.05) is 12.6 Å². The molecule has 0 amide bonds. The van der Waals surface area contributed by atoms with E-state index in [4.69, 9.17) is 10.2 Å². The highest BCUT2D eigenvalue weighted by Crippen LogP contribution is 2.30. The summed E-state index contributed by atoms with van der Waals surface area (Å²) < 4.78 is 0. The molecular formula is C11H14N2O3. The normalized spacial score (nSPS) is 14.8. The lowest BCUT2D eigenvalue weighted by Gasteiger charge is -2.23. The zero-order valence-corrected chi connectivity index (χ0v) is 8.83. The van der Waals surface area contributed by atoms with E-state index >= 15 is 0 Å². The van der Waals surface area contributed by atoms with Crippen LogP contribution in [0, 0.1) is 0 Å². The molecule has 0 spiro atoms. The number of carboxylic acid groups (broad SMARTS) is 1. The Labute approximate surface area is 93.3 Å². The Morgan fingerprint density at radius 1 is 1.50 bits per heavy atom. The number of aromatic carboxylic acids is 1. The maximum Gasteiger partial charge on any atom is 0.354 e. The summed E-state index contributed by atoms with van der Waals surface area (Å²) in [6, 6.07) is 3.71. The number of rotatable bonds is 5. The average Bonchev–Trinajstić information content (AvgIpc) is 3.10. The molecule has 1 aromatic heterocycles. The van der Waals surface area contributed by atoms with Crippen molar-refractivity contribution >= 4 is 11.7 Å². The quantitative estimate of drug-likeness (QED) is 0.768. The van der Waals surface area contributed by atoms with E-state index in [-0.39, 0.29) is 12.3 Å². The van der Waals surface area contributed by atoms with Crippen LogP contribution in [0.4, 0.5) is 5.69 Å². The molecule has 16 heavy (non-hydrogen) atoms. The first-order chi connectivity index (χ1) is 7.72. The summed E-state index contributed by atoms with van der Waals surface area (Å²) in [7, 11) is 0. The number of aliphatic hydroxyl groups is 1. The molecule has 0 radical (unpaired) electrons. The van der Waals surface area contributed by atoms with E-state index in [1.807, 2.05) is 0 Å². The molecule has 0 bridgehead atoms. The molecule has 1 heterocycles. The van der Waals surface area contributed by atoms with Crippen LogP contribution >= 0.6 is 0 Å². The fraction of sp³-hybridized carbons (Fsp3) is 0.455. The number of nitrogens with zero attached hydrogens (tertiary/aromatic N) is 2. The third-order valence-electron chi connectivity index (χ3n) is 2.63. The zero-order valence-electron chi connectivity index (χ0n) is 8.83. The van der Waals surface area contributed by atoms with Gasteiger partial charge in [0.2, 0.25) is 0 Å². The van der Waals surface area contributed by atoms with Crippen LogP contribution in [0.3, 0.4) is 0 Å². The van der Waals surface area contributed by atoms with Gasteiger partial charge in [0.05, 0.1) is 18.5 Å². The monoisotopic (exact) mass is 222 g/mol. The molecule has 1 fully saturated rings. The fourth-order valence-electron chi connectivity index (χ4n) is 1.70. The van der Waals surface area contributed by atoms with Gasteiger partial charge < -0.3 is 15.1 Å². The van der Waals surface area contributed by atoms with Crippen molar-refractivity contribution in [2.45, 2.75) is 18.9 Å². The second-order valence-corrected chi connectivity index (χ2v) is 3.85. The molecule has 86 valence electrons. The van der Waals surface area contributed by atoms with Crippen LogP contribution in [-0.4, -0.2) is 40.4 Å². The molecule has 1 saturated carbocycles. The maximum atomic E-state index is 10.6. The molecule has 0 atom stereocenters. The summed E-state index contributed by atoms with van der Waals surface area (Å²) in [5, 5.41) is 17.7. The predicted octanol–water partition coefficient (Wildman–Crippen LogP) is 0.741. The molecular weight excluding hydrogens is 208 g/mol. The molecule has 0 aromatic carbocycles. The Hall–Kier alpha value is -1.62. The fourth-order valence-corrected chi connectivity index (χ4v) is 1.70. The molecule has 2 rings (SSSR count). The van der Waals surface area contributed by atoms with Gasteiger partial charge in [-0.25, -0.2) is 9.78 Å². The highest BCUT2D eigenvalue weighted by atomic mass is 16.4. The first-order valence-corrected chi connectivity index (χ1v) is 5.29. The van der Waals surface area contributed by atoms with Crippen LogP contribution in [0.15, 0.2) is 18.3 Å². The molecule has 0 unspecified atom stereocenters. The van der Waals surface area contributed by atoms with Crippen molar-refractivity contribution < 1.29 is 15.0 Å². The summed E-state index contributed by atoms with van der Waals surface area (Å²) in [6.45, 7) is 0.663. The number of aromatic nitrogens is 1. The van der Waals surface area contributed by atoms with Gasteiger partial charge in [-0.05, 0) is 25.0 Å². The smallest absolute Gasteiger partial charge is 0.354 e. The number of hydrogen-bond acceptors (Lipinski definition) is 4. The van der Waals surface area contributed by atoms with E-state index in [1.165, 1.54) is 6.07 Å². The molecule has 5 nitrogen and oxygen atoms in total. The van der Waals surface area contributed by atoms with E-state index < -0.39 is 5.97 Å². The Kier molecular flexibility index (Phi) is 3.05. The van der Waals surface area contributed by atoms with Crippen LogP contribution in [-0.2, 0) is 0 Å². The summed E-state index contributed by atoms with van der Waals surface area (Å²) in [4.78, 5) is 16.6. The van der Waals surface area contributed by atoms with Gasteiger partial charge >= 0.3 is 5.97 Å². The van der Waals surface area contributed by atoms with Gasteiger partial charge in [0.25, 0.3) is 0 Å². The largest absolute Gasteiger partial charge is 0.477 e. The van der Waals surface area contributed by atoms with E-state index in [0.717, 1.165) is 18.5 Å². The van der Waals surface area contributed by atoms with Crippen molar-refractivity contribution in [3.8, 4) is 0 Å².